The quantitative estimate of drug-likeness (QED) is 0.645. The number of carbonyl (C=O) groups is 1. The Morgan fingerprint density at radius 3 is 2.64 bits per heavy atom. The number of nitrogens with zero attached hydrogens (tertiary/aromatic N) is 1. The van der Waals surface area contributed by atoms with Crippen LogP contribution in [0.3, 0.4) is 0 Å². The van der Waals surface area contributed by atoms with Crippen LogP contribution in [0.25, 0.3) is 0 Å². The molecule has 0 aromatic rings. The van der Waals surface area contributed by atoms with Gasteiger partial charge >= 0.3 is 6.09 Å². The number of hydrogen-bond donors (Lipinski definition) is 1. The van der Waals surface area contributed by atoms with E-state index in [1.807, 2.05) is 4.90 Å². The number of amides is 1. The highest BCUT2D eigenvalue weighted by atomic mass is 16.7. The van der Waals surface area contributed by atoms with Crippen molar-refractivity contribution in [3.63, 3.8) is 0 Å². The summed E-state index contributed by atoms with van der Waals surface area (Å²) in [6.45, 7) is 1.82. The van der Waals surface area contributed by atoms with Crippen LogP contribution in [0, 0.1) is 0 Å². The minimum Gasteiger partial charge on any atom is -0.422 e. The average molecular weight is 200 g/mol. The lowest BCUT2D eigenvalue weighted by Gasteiger charge is -2.34. The largest absolute Gasteiger partial charge is 0.422 e. The monoisotopic (exact) mass is 200 g/mol. The second-order valence-electron chi connectivity index (χ2n) is 3.77. The first-order chi connectivity index (χ1) is 6.83. The Morgan fingerprint density at radius 2 is 2.07 bits per heavy atom. The number of rotatable bonds is 2. The molecule has 2 aliphatic heterocycles. The third kappa shape index (κ3) is 1.69. The molecule has 2 rings (SSSR count). The molecule has 0 saturated carbocycles. The summed E-state index contributed by atoms with van der Waals surface area (Å²) in [5, 5.41) is 3.31. The summed E-state index contributed by atoms with van der Waals surface area (Å²) >= 11 is 0. The Hall–Kier alpha value is -0.810. The third-order valence-corrected chi connectivity index (χ3v) is 2.89. The molecule has 0 aromatic heterocycles. The zero-order chi connectivity index (χ0) is 9.97. The topological polar surface area (TPSA) is 50.8 Å². The molecule has 0 aliphatic carbocycles. The van der Waals surface area contributed by atoms with E-state index in [1.165, 1.54) is 7.11 Å². The minimum atomic E-state index is -0.235. The van der Waals surface area contributed by atoms with Crippen LogP contribution in [0.1, 0.15) is 12.8 Å². The molecule has 80 valence electrons. The van der Waals surface area contributed by atoms with Gasteiger partial charge in [0, 0.05) is 32.3 Å². The second kappa shape index (κ2) is 4.14. The molecular weight excluding hydrogens is 184 g/mol. The number of methoxy groups -OCH3 is 1. The van der Waals surface area contributed by atoms with Gasteiger partial charge in [-0.15, -0.1) is 0 Å². The molecular formula is C9H16N2O3. The van der Waals surface area contributed by atoms with E-state index in [0.29, 0.717) is 12.1 Å². The van der Waals surface area contributed by atoms with Gasteiger partial charge in [-0.25, -0.2) is 4.79 Å². The normalized spacial score (nSPS) is 30.5. The zero-order valence-corrected chi connectivity index (χ0v) is 8.36. The molecule has 0 unspecified atom stereocenters. The van der Waals surface area contributed by atoms with Crippen LogP contribution in [0.15, 0.2) is 0 Å². The lowest BCUT2D eigenvalue weighted by Crippen LogP contribution is -2.54. The molecule has 1 N–H and O–H groups in total. The summed E-state index contributed by atoms with van der Waals surface area (Å²) in [6.07, 6.45) is 1.93. The van der Waals surface area contributed by atoms with Crippen LogP contribution in [0.2, 0.25) is 0 Å². The Bertz CT molecular complexity index is 206. The zero-order valence-electron chi connectivity index (χ0n) is 8.36. The third-order valence-electron chi connectivity index (χ3n) is 2.89. The van der Waals surface area contributed by atoms with Crippen LogP contribution >= 0.6 is 0 Å². The van der Waals surface area contributed by atoms with Crippen molar-refractivity contribution in [2.75, 3.05) is 27.0 Å². The predicted molar refractivity (Wildman–Crippen MR) is 49.9 cm³/mol. The molecule has 0 spiro atoms. The minimum absolute atomic E-state index is 0.0439. The van der Waals surface area contributed by atoms with Crippen LogP contribution in [0.5, 0.6) is 0 Å². The number of fused-ring (bicyclic) bond motifs is 2. The van der Waals surface area contributed by atoms with Gasteiger partial charge in [-0.1, -0.05) is 0 Å². The first-order valence-corrected chi connectivity index (χ1v) is 4.97. The smallest absolute Gasteiger partial charge is 0.412 e. The molecule has 14 heavy (non-hydrogen) atoms. The van der Waals surface area contributed by atoms with Gasteiger partial charge in [-0.3, -0.25) is 4.90 Å². The maximum Gasteiger partial charge on any atom is 0.412 e. The van der Waals surface area contributed by atoms with Crippen molar-refractivity contribution in [3.05, 3.63) is 0 Å². The number of piperazine rings is 1. The van der Waals surface area contributed by atoms with E-state index in [0.717, 1.165) is 25.9 Å². The van der Waals surface area contributed by atoms with Crippen molar-refractivity contribution in [2.45, 2.75) is 24.9 Å². The molecule has 2 atom stereocenters. The van der Waals surface area contributed by atoms with E-state index in [2.05, 4.69) is 5.32 Å². The molecule has 2 saturated heterocycles. The first kappa shape index (κ1) is 9.73. The van der Waals surface area contributed by atoms with Crippen LogP contribution in [-0.4, -0.2) is 50.1 Å². The number of ether oxygens (including phenoxy) is 2. The number of carbonyl (C=O) groups excluding carboxylic acids is 1. The van der Waals surface area contributed by atoms with Crippen molar-refractivity contribution in [1.82, 2.24) is 10.2 Å². The summed E-state index contributed by atoms with van der Waals surface area (Å²) in [4.78, 5) is 13.5. The molecule has 1 amide bonds. The molecule has 0 aromatic carbocycles. The van der Waals surface area contributed by atoms with Gasteiger partial charge in [0.15, 0.2) is 6.79 Å². The second-order valence-corrected chi connectivity index (χ2v) is 3.77. The van der Waals surface area contributed by atoms with E-state index in [4.69, 9.17) is 9.47 Å². The van der Waals surface area contributed by atoms with Gasteiger partial charge in [0.05, 0.1) is 0 Å². The Kier molecular flexibility index (Phi) is 2.88. The SMILES string of the molecule is COCOC(=O)N1[C@H]2CC[C@H]1CNC2. The molecule has 2 bridgehead atoms. The highest BCUT2D eigenvalue weighted by Gasteiger charge is 2.40. The highest BCUT2D eigenvalue weighted by Crippen LogP contribution is 2.26. The number of nitrogens with one attached hydrogen (secondary N) is 1. The van der Waals surface area contributed by atoms with Crippen molar-refractivity contribution >= 4 is 6.09 Å². The summed E-state index contributed by atoms with van der Waals surface area (Å²) in [6, 6.07) is 0.635. The summed E-state index contributed by atoms with van der Waals surface area (Å²) < 4.78 is 9.66. The maximum absolute atomic E-state index is 11.6. The average Bonchev–Trinajstić information content (AvgIpc) is 2.45. The van der Waals surface area contributed by atoms with Crippen LogP contribution in [-0.2, 0) is 9.47 Å². The van der Waals surface area contributed by atoms with E-state index >= 15 is 0 Å². The van der Waals surface area contributed by atoms with E-state index < -0.39 is 0 Å². The first-order valence-electron chi connectivity index (χ1n) is 4.97. The van der Waals surface area contributed by atoms with Gasteiger partial charge in [-0.2, -0.15) is 0 Å². The fourth-order valence-electron chi connectivity index (χ4n) is 2.26. The van der Waals surface area contributed by atoms with Crippen LogP contribution < -0.4 is 5.32 Å². The summed E-state index contributed by atoms with van der Waals surface area (Å²) in [5.41, 5.74) is 0. The Balaban J connectivity index is 1.93. The lowest BCUT2D eigenvalue weighted by molar-refractivity contribution is -0.0133. The standard InChI is InChI=1S/C9H16N2O3/c1-13-6-14-9(12)11-7-2-3-8(11)5-10-4-7/h7-8,10H,2-6H2,1H3/t7-,8-/m0/s1. The van der Waals surface area contributed by atoms with Gasteiger partial charge in [0.2, 0.25) is 0 Å². The van der Waals surface area contributed by atoms with E-state index in [1.54, 1.807) is 0 Å². The Morgan fingerprint density at radius 1 is 1.43 bits per heavy atom. The fourth-order valence-corrected chi connectivity index (χ4v) is 2.26. The molecule has 0 radical (unpaired) electrons. The molecule has 2 aliphatic rings. The van der Waals surface area contributed by atoms with Gasteiger partial charge < -0.3 is 14.8 Å². The van der Waals surface area contributed by atoms with Gasteiger partial charge in [0.25, 0.3) is 0 Å². The molecule has 2 heterocycles. The number of hydrogen-bond acceptors (Lipinski definition) is 4. The molecule has 5 heteroatoms. The van der Waals surface area contributed by atoms with Crippen molar-refractivity contribution < 1.29 is 14.3 Å². The van der Waals surface area contributed by atoms with Crippen molar-refractivity contribution in [1.29, 1.82) is 0 Å². The van der Waals surface area contributed by atoms with Crippen molar-refractivity contribution in [2.24, 2.45) is 0 Å². The predicted octanol–water partition coefficient (Wildman–Crippen LogP) is 0.163. The summed E-state index contributed by atoms with van der Waals surface area (Å²) in [7, 11) is 1.51. The fraction of sp³-hybridized carbons (Fsp3) is 0.889. The lowest BCUT2D eigenvalue weighted by atomic mass is 10.2. The maximum atomic E-state index is 11.6. The van der Waals surface area contributed by atoms with E-state index in [-0.39, 0.29) is 12.9 Å². The summed E-state index contributed by atoms with van der Waals surface area (Å²) in [5.74, 6) is 0. The highest BCUT2D eigenvalue weighted by molar-refractivity contribution is 5.69. The van der Waals surface area contributed by atoms with Gasteiger partial charge in [-0.05, 0) is 12.8 Å². The van der Waals surface area contributed by atoms with E-state index in [9.17, 15) is 4.79 Å². The van der Waals surface area contributed by atoms with Crippen molar-refractivity contribution in [3.8, 4) is 0 Å². The molecule has 2 fully saturated rings. The van der Waals surface area contributed by atoms with Gasteiger partial charge in [0.1, 0.15) is 0 Å². The van der Waals surface area contributed by atoms with Crippen LogP contribution in [0.4, 0.5) is 4.79 Å². The Labute approximate surface area is 83.3 Å². The molecule has 5 nitrogen and oxygen atoms in total.